The summed E-state index contributed by atoms with van der Waals surface area (Å²) < 4.78 is 0. The quantitative estimate of drug-likeness (QED) is 0.393. The highest BCUT2D eigenvalue weighted by atomic mass is 32.2. The van der Waals surface area contributed by atoms with Crippen molar-refractivity contribution in [1.29, 1.82) is 0 Å². The van der Waals surface area contributed by atoms with Gasteiger partial charge in [-0.25, -0.2) is 5.84 Å². The van der Waals surface area contributed by atoms with Crippen LogP contribution in [-0.2, 0) is 5.75 Å². The highest BCUT2D eigenvalue weighted by molar-refractivity contribution is 7.98. The summed E-state index contributed by atoms with van der Waals surface area (Å²) in [6, 6.07) is 8.39. The second kappa shape index (κ2) is 6.23. The van der Waals surface area contributed by atoms with Crippen molar-refractivity contribution in [3.63, 3.8) is 0 Å². The van der Waals surface area contributed by atoms with Crippen molar-refractivity contribution in [1.82, 2.24) is 5.43 Å². The van der Waals surface area contributed by atoms with Gasteiger partial charge in [-0.1, -0.05) is 6.07 Å². The molecule has 0 bridgehead atoms. The highest BCUT2D eigenvalue weighted by Crippen LogP contribution is 2.28. The summed E-state index contributed by atoms with van der Waals surface area (Å²) in [6.07, 6.45) is 0. The summed E-state index contributed by atoms with van der Waals surface area (Å²) >= 11 is 3.15. The van der Waals surface area contributed by atoms with Crippen LogP contribution in [0.4, 0.5) is 0 Å². The molecule has 1 aromatic heterocycles. The zero-order valence-electron chi connectivity index (χ0n) is 10.9. The molecule has 0 aliphatic rings. The molecule has 0 aliphatic carbocycles. The number of nitrogens with two attached hydrogens (primary N) is 1. The van der Waals surface area contributed by atoms with E-state index < -0.39 is 0 Å². The number of benzene rings is 1. The average Bonchev–Trinajstić information content (AvgIpc) is 2.87. The number of carbonyl (C=O) groups excluding carboxylic acids is 1. The Labute approximate surface area is 121 Å². The standard InChI is InChI=1S/C14H16N2OS2/c1-9-3-4-12(7-10(9)2)19-8-11-5-6-18-13(11)14(17)16-15/h3-7H,8,15H2,1-2H3,(H,16,17). The topological polar surface area (TPSA) is 55.1 Å². The van der Waals surface area contributed by atoms with Gasteiger partial charge in [-0.15, -0.1) is 23.1 Å². The molecule has 0 saturated heterocycles. The van der Waals surface area contributed by atoms with E-state index >= 15 is 0 Å². The van der Waals surface area contributed by atoms with Crippen molar-refractivity contribution in [2.45, 2.75) is 24.5 Å². The summed E-state index contributed by atoms with van der Waals surface area (Å²) in [6.45, 7) is 4.21. The number of thiophene rings is 1. The van der Waals surface area contributed by atoms with Gasteiger partial charge in [-0.05, 0) is 54.1 Å². The first kappa shape index (κ1) is 14.1. The van der Waals surface area contributed by atoms with E-state index in [1.807, 2.05) is 11.4 Å². The Bertz CT molecular complexity index is 593. The van der Waals surface area contributed by atoms with Gasteiger partial charge in [0.05, 0.1) is 4.88 Å². The number of amides is 1. The van der Waals surface area contributed by atoms with E-state index in [2.05, 4.69) is 37.5 Å². The number of hydrazine groups is 1. The summed E-state index contributed by atoms with van der Waals surface area (Å²) in [4.78, 5) is 13.5. The maximum absolute atomic E-state index is 11.6. The summed E-state index contributed by atoms with van der Waals surface area (Å²) in [5.41, 5.74) is 5.79. The minimum atomic E-state index is -0.217. The third-order valence-electron chi connectivity index (χ3n) is 2.96. The van der Waals surface area contributed by atoms with Gasteiger partial charge in [0.2, 0.25) is 0 Å². The molecule has 2 aromatic rings. The van der Waals surface area contributed by atoms with E-state index in [9.17, 15) is 4.79 Å². The van der Waals surface area contributed by atoms with Crippen molar-refractivity contribution in [2.75, 3.05) is 0 Å². The Balaban J connectivity index is 2.08. The molecule has 0 radical (unpaired) electrons. The minimum Gasteiger partial charge on any atom is -0.289 e. The molecule has 19 heavy (non-hydrogen) atoms. The number of hydrogen-bond acceptors (Lipinski definition) is 4. The van der Waals surface area contributed by atoms with Crippen LogP contribution in [0.3, 0.4) is 0 Å². The Hall–Kier alpha value is -1.30. The fourth-order valence-electron chi connectivity index (χ4n) is 1.68. The van der Waals surface area contributed by atoms with Crippen LogP contribution in [-0.4, -0.2) is 5.91 Å². The first-order chi connectivity index (χ1) is 9.11. The third kappa shape index (κ3) is 3.37. The van der Waals surface area contributed by atoms with Crippen LogP contribution in [0.1, 0.15) is 26.4 Å². The fraction of sp³-hybridized carbons (Fsp3) is 0.214. The lowest BCUT2D eigenvalue weighted by atomic mass is 10.1. The first-order valence-electron chi connectivity index (χ1n) is 5.89. The zero-order chi connectivity index (χ0) is 13.8. The molecule has 1 amide bonds. The molecule has 0 fully saturated rings. The second-order valence-corrected chi connectivity index (χ2v) is 6.25. The van der Waals surface area contributed by atoms with E-state index in [0.717, 1.165) is 11.3 Å². The zero-order valence-corrected chi connectivity index (χ0v) is 12.5. The van der Waals surface area contributed by atoms with Crippen molar-refractivity contribution in [2.24, 2.45) is 5.84 Å². The van der Waals surface area contributed by atoms with Gasteiger partial charge in [0.25, 0.3) is 5.91 Å². The van der Waals surface area contributed by atoms with Crippen LogP contribution in [0.2, 0.25) is 0 Å². The SMILES string of the molecule is Cc1ccc(SCc2ccsc2C(=O)NN)cc1C. The smallest absolute Gasteiger partial charge is 0.275 e. The molecule has 3 nitrogen and oxygen atoms in total. The molecule has 5 heteroatoms. The van der Waals surface area contributed by atoms with Gasteiger partial charge in [-0.3, -0.25) is 10.2 Å². The van der Waals surface area contributed by atoms with Crippen LogP contribution in [0.15, 0.2) is 34.5 Å². The first-order valence-corrected chi connectivity index (χ1v) is 7.75. The number of aryl methyl sites for hydroxylation is 2. The van der Waals surface area contributed by atoms with Crippen molar-refractivity contribution < 1.29 is 4.79 Å². The van der Waals surface area contributed by atoms with Gasteiger partial charge in [-0.2, -0.15) is 0 Å². The molecule has 0 spiro atoms. The normalized spacial score (nSPS) is 10.5. The van der Waals surface area contributed by atoms with E-state index in [1.165, 1.54) is 27.4 Å². The monoisotopic (exact) mass is 292 g/mol. The van der Waals surface area contributed by atoms with Crippen molar-refractivity contribution >= 4 is 29.0 Å². The molecule has 0 unspecified atom stereocenters. The van der Waals surface area contributed by atoms with E-state index in [-0.39, 0.29) is 5.91 Å². The molecule has 0 saturated carbocycles. The molecule has 2 rings (SSSR count). The third-order valence-corrected chi connectivity index (χ3v) is 4.95. The summed E-state index contributed by atoms with van der Waals surface area (Å²) in [5, 5.41) is 1.92. The fourth-order valence-corrected chi connectivity index (χ4v) is 3.58. The van der Waals surface area contributed by atoms with Crippen LogP contribution in [0, 0.1) is 13.8 Å². The maximum atomic E-state index is 11.6. The lowest BCUT2D eigenvalue weighted by molar-refractivity contribution is 0.0957. The molecule has 1 heterocycles. The van der Waals surface area contributed by atoms with E-state index in [0.29, 0.717) is 4.88 Å². The Morgan fingerprint density at radius 1 is 1.32 bits per heavy atom. The van der Waals surface area contributed by atoms with Crippen molar-refractivity contribution in [3.8, 4) is 0 Å². The lowest BCUT2D eigenvalue weighted by Crippen LogP contribution is -2.29. The van der Waals surface area contributed by atoms with Crippen LogP contribution >= 0.6 is 23.1 Å². The van der Waals surface area contributed by atoms with Gasteiger partial charge < -0.3 is 0 Å². The summed E-state index contributed by atoms with van der Waals surface area (Å²) in [5.74, 6) is 5.73. The Morgan fingerprint density at radius 3 is 2.79 bits per heavy atom. The predicted molar refractivity (Wildman–Crippen MR) is 81.4 cm³/mol. The molecule has 0 atom stereocenters. The number of nitrogens with one attached hydrogen (secondary N) is 1. The number of carbonyl (C=O) groups is 1. The number of nitrogen functional groups attached to an aromatic ring is 1. The van der Waals surface area contributed by atoms with Crippen LogP contribution in [0.25, 0.3) is 0 Å². The molecular weight excluding hydrogens is 276 g/mol. The van der Waals surface area contributed by atoms with E-state index in [1.54, 1.807) is 11.8 Å². The highest BCUT2D eigenvalue weighted by Gasteiger charge is 2.12. The van der Waals surface area contributed by atoms with Gasteiger partial charge >= 0.3 is 0 Å². The minimum absolute atomic E-state index is 0.217. The summed E-state index contributed by atoms with van der Waals surface area (Å²) in [7, 11) is 0. The molecule has 1 aromatic carbocycles. The van der Waals surface area contributed by atoms with Crippen molar-refractivity contribution in [3.05, 3.63) is 51.2 Å². The maximum Gasteiger partial charge on any atom is 0.275 e. The number of hydrogen-bond donors (Lipinski definition) is 2. The second-order valence-electron chi connectivity index (χ2n) is 4.28. The Morgan fingerprint density at radius 2 is 2.11 bits per heavy atom. The lowest BCUT2D eigenvalue weighted by Gasteiger charge is -2.06. The average molecular weight is 292 g/mol. The van der Waals surface area contributed by atoms with Gasteiger partial charge in [0.1, 0.15) is 0 Å². The van der Waals surface area contributed by atoms with Crippen LogP contribution in [0.5, 0.6) is 0 Å². The molecule has 100 valence electrons. The van der Waals surface area contributed by atoms with Gasteiger partial charge in [0, 0.05) is 10.6 Å². The number of rotatable bonds is 4. The molecular formula is C14H16N2OS2. The molecule has 0 aliphatic heterocycles. The van der Waals surface area contributed by atoms with Gasteiger partial charge in [0.15, 0.2) is 0 Å². The van der Waals surface area contributed by atoms with E-state index in [4.69, 9.17) is 5.84 Å². The molecule has 3 N–H and O–H groups in total. The Kier molecular flexibility index (Phi) is 4.63. The van der Waals surface area contributed by atoms with Crippen LogP contribution < -0.4 is 11.3 Å². The predicted octanol–water partition coefficient (Wildman–Crippen LogP) is 3.26. The largest absolute Gasteiger partial charge is 0.289 e. The number of thioether (sulfide) groups is 1.